The standard InChI is InChI=1S/C21H23N3O2/c22-21(23)15-4-8-20-16(11-15)12-18(26-20)7-3-14-1-5-17(6-2-14)25-19-9-10-24-13-19/h1-2,4-6,8,11-12,19,24H,3,7,9-10,13H2,(H3,22,23)/t19-/m0/s1. The van der Waals surface area contributed by atoms with Crippen LogP contribution in [0.4, 0.5) is 0 Å². The van der Waals surface area contributed by atoms with Gasteiger partial charge in [0.25, 0.3) is 0 Å². The summed E-state index contributed by atoms with van der Waals surface area (Å²) in [6.45, 7) is 1.97. The molecular weight excluding hydrogens is 326 g/mol. The third-order valence-corrected chi connectivity index (χ3v) is 4.78. The van der Waals surface area contributed by atoms with Crippen LogP contribution in [0.1, 0.15) is 23.3 Å². The molecule has 4 N–H and O–H groups in total. The highest BCUT2D eigenvalue weighted by atomic mass is 16.5. The first-order valence-corrected chi connectivity index (χ1v) is 9.00. The summed E-state index contributed by atoms with van der Waals surface area (Å²) in [5.74, 6) is 1.95. The summed E-state index contributed by atoms with van der Waals surface area (Å²) < 4.78 is 11.8. The van der Waals surface area contributed by atoms with E-state index in [0.29, 0.717) is 0 Å². The molecule has 26 heavy (non-hydrogen) atoms. The fourth-order valence-electron chi connectivity index (χ4n) is 3.31. The topological polar surface area (TPSA) is 84.3 Å². The number of furan rings is 1. The van der Waals surface area contributed by atoms with Crippen LogP contribution in [0.2, 0.25) is 0 Å². The van der Waals surface area contributed by atoms with Gasteiger partial charge in [-0.1, -0.05) is 12.1 Å². The van der Waals surface area contributed by atoms with E-state index in [0.717, 1.165) is 60.4 Å². The molecule has 0 aliphatic carbocycles. The van der Waals surface area contributed by atoms with Gasteiger partial charge in [0.05, 0.1) is 0 Å². The van der Waals surface area contributed by atoms with Crippen LogP contribution in [0.3, 0.4) is 0 Å². The highest BCUT2D eigenvalue weighted by Gasteiger charge is 2.15. The molecule has 0 bridgehead atoms. The van der Waals surface area contributed by atoms with E-state index in [1.807, 2.05) is 36.4 Å². The minimum absolute atomic E-state index is 0.0744. The third kappa shape index (κ3) is 3.73. The molecule has 1 saturated heterocycles. The number of benzene rings is 2. The van der Waals surface area contributed by atoms with Crippen molar-refractivity contribution in [2.75, 3.05) is 13.1 Å². The third-order valence-electron chi connectivity index (χ3n) is 4.78. The lowest BCUT2D eigenvalue weighted by Gasteiger charge is -2.12. The molecule has 3 aromatic rings. The molecular formula is C21H23N3O2. The van der Waals surface area contributed by atoms with Gasteiger partial charge in [0.1, 0.15) is 29.0 Å². The van der Waals surface area contributed by atoms with Crippen molar-refractivity contribution in [1.29, 1.82) is 5.41 Å². The van der Waals surface area contributed by atoms with Crippen molar-refractivity contribution in [3.05, 3.63) is 65.4 Å². The molecule has 0 spiro atoms. The van der Waals surface area contributed by atoms with Gasteiger partial charge in [-0.2, -0.15) is 0 Å². The first kappa shape index (κ1) is 16.7. The van der Waals surface area contributed by atoms with Crippen LogP contribution >= 0.6 is 0 Å². The fraction of sp³-hybridized carbons (Fsp3) is 0.286. The fourth-order valence-corrected chi connectivity index (χ4v) is 3.31. The maximum absolute atomic E-state index is 7.53. The number of fused-ring (bicyclic) bond motifs is 1. The zero-order valence-corrected chi connectivity index (χ0v) is 14.6. The van der Waals surface area contributed by atoms with Crippen molar-refractivity contribution in [2.45, 2.75) is 25.4 Å². The van der Waals surface area contributed by atoms with Crippen molar-refractivity contribution in [1.82, 2.24) is 5.32 Å². The van der Waals surface area contributed by atoms with Gasteiger partial charge in [0, 0.05) is 23.9 Å². The molecule has 5 heteroatoms. The summed E-state index contributed by atoms with van der Waals surface area (Å²) in [6.07, 6.45) is 3.09. The minimum atomic E-state index is 0.0744. The van der Waals surface area contributed by atoms with Crippen molar-refractivity contribution >= 4 is 16.8 Å². The molecule has 1 aromatic heterocycles. The van der Waals surface area contributed by atoms with Crippen molar-refractivity contribution in [2.24, 2.45) is 5.73 Å². The molecule has 4 rings (SSSR count). The van der Waals surface area contributed by atoms with Crippen LogP contribution in [0.5, 0.6) is 5.75 Å². The van der Waals surface area contributed by atoms with Crippen molar-refractivity contribution in [3.63, 3.8) is 0 Å². The Balaban J connectivity index is 1.38. The van der Waals surface area contributed by atoms with E-state index < -0.39 is 0 Å². The SMILES string of the molecule is N=C(N)c1ccc2oc(CCc3ccc(O[C@H]4CCNC4)cc3)cc2c1. The Labute approximate surface area is 152 Å². The minimum Gasteiger partial charge on any atom is -0.489 e. The van der Waals surface area contributed by atoms with Gasteiger partial charge in [-0.3, -0.25) is 5.41 Å². The average molecular weight is 349 g/mol. The maximum atomic E-state index is 7.53. The molecule has 5 nitrogen and oxygen atoms in total. The Morgan fingerprint density at radius 2 is 2.00 bits per heavy atom. The normalized spacial score (nSPS) is 16.8. The Morgan fingerprint density at radius 1 is 1.15 bits per heavy atom. The van der Waals surface area contributed by atoms with Crippen LogP contribution < -0.4 is 15.8 Å². The molecule has 0 amide bonds. The van der Waals surface area contributed by atoms with Crippen LogP contribution in [0.25, 0.3) is 11.0 Å². The van der Waals surface area contributed by atoms with Crippen molar-refractivity contribution in [3.8, 4) is 5.75 Å². The second-order valence-electron chi connectivity index (χ2n) is 6.76. The molecule has 1 aliphatic heterocycles. The monoisotopic (exact) mass is 349 g/mol. The van der Waals surface area contributed by atoms with Crippen molar-refractivity contribution < 1.29 is 9.15 Å². The highest BCUT2D eigenvalue weighted by molar-refractivity contribution is 5.98. The van der Waals surface area contributed by atoms with Crippen LogP contribution in [0.15, 0.2) is 52.9 Å². The Kier molecular flexibility index (Phi) is 4.63. The molecule has 1 aliphatic rings. The highest BCUT2D eigenvalue weighted by Crippen LogP contribution is 2.23. The zero-order valence-electron chi connectivity index (χ0n) is 14.6. The lowest BCUT2D eigenvalue weighted by Crippen LogP contribution is -2.19. The number of amidine groups is 1. The van der Waals surface area contributed by atoms with E-state index in [1.165, 1.54) is 5.56 Å². The number of hydrogen-bond donors (Lipinski definition) is 3. The first-order chi connectivity index (χ1) is 12.7. The summed E-state index contributed by atoms with van der Waals surface area (Å²) >= 11 is 0. The molecule has 2 aromatic carbocycles. The van der Waals surface area contributed by atoms with Crippen LogP contribution in [0, 0.1) is 5.41 Å². The smallest absolute Gasteiger partial charge is 0.134 e. The predicted molar refractivity (Wildman–Crippen MR) is 103 cm³/mol. The molecule has 1 atom stereocenters. The number of nitrogens with two attached hydrogens (primary N) is 1. The summed E-state index contributed by atoms with van der Waals surface area (Å²) in [5, 5.41) is 11.8. The summed E-state index contributed by atoms with van der Waals surface area (Å²) in [6, 6.07) is 16.0. The lowest BCUT2D eigenvalue weighted by molar-refractivity contribution is 0.223. The number of hydrogen-bond acceptors (Lipinski definition) is 4. The van der Waals surface area contributed by atoms with Gasteiger partial charge in [-0.15, -0.1) is 0 Å². The Hall–Kier alpha value is -2.79. The number of ether oxygens (including phenoxy) is 1. The van der Waals surface area contributed by atoms with E-state index in [1.54, 1.807) is 0 Å². The average Bonchev–Trinajstić information content (AvgIpc) is 3.29. The first-order valence-electron chi connectivity index (χ1n) is 9.00. The van der Waals surface area contributed by atoms with Gasteiger partial charge in [0.2, 0.25) is 0 Å². The van der Waals surface area contributed by atoms with Crippen LogP contribution in [-0.2, 0) is 12.8 Å². The number of rotatable bonds is 6. The van der Waals surface area contributed by atoms with Crippen LogP contribution in [-0.4, -0.2) is 25.0 Å². The molecule has 2 heterocycles. The van der Waals surface area contributed by atoms with E-state index in [-0.39, 0.29) is 11.9 Å². The quantitative estimate of drug-likeness (QED) is 0.471. The Bertz CT molecular complexity index is 909. The van der Waals surface area contributed by atoms with E-state index in [2.05, 4.69) is 17.4 Å². The summed E-state index contributed by atoms with van der Waals surface area (Å²) in [7, 11) is 0. The van der Waals surface area contributed by atoms with Gasteiger partial charge < -0.3 is 20.2 Å². The van der Waals surface area contributed by atoms with Gasteiger partial charge in [-0.05, 0) is 61.3 Å². The number of nitrogen functional groups attached to an aromatic ring is 1. The van der Waals surface area contributed by atoms with Gasteiger partial charge in [-0.25, -0.2) is 0 Å². The molecule has 134 valence electrons. The molecule has 0 saturated carbocycles. The van der Waals surface area contributed by atoms with E-state index >= 15 is 0 Å². The maximum Gasteiger partial charge on any atom is 0.134 e. The second kappa shape index (κ2) is 7.22. The predicted octanol–water partition coefficient (Wildman–Crippen LogP) is 3.24. The Morgan fingerprint density at radius 3 is 2.73 bits per heavy atom. The second-order valence-corrected chi connectivity index (χ2v) is 6.76. The largest absolute Gasteiger partial charge is 0.489 e. The zero-order chi connectivity index (χ0) is 17.9. The van der Waals surface area contributed by atoms with E-state index in [9.17, 15) is 0 Å². The summed E-state index contributed by atoms with van der Waals surface area (Å²) in [4.78, 5) is 0. The molecule has 0 unspecified atom stereocenters. The number of aryl methyl sites for hydroxylation is 2. The summed E-state index contributed by atoms with van der Waals surface area (Å²) in [5.41, 5.74) is 8.36. The molecule has 1 fully saturated rings. The van der Waals surface area contributed by atoms with Gasteiger partial charge in [0.15, 0.2) is 0 Å². The van der Waals surface area contributed by atoms with E-state index in [4.69, 9.17) is 20.3 Å². The number of nitrogens with one attached hydrogen (secondary N) is 2. The molecule has 0 radical (unpaired) electrons. The lowest BCUT2D eigenvalue weighted by atomic mass is 10.1. The van der Waals surface area contributed by atoms with Gasteiger partial charge >= 0.3 is 0 Å².